The van der Waals surface area contributed by atoms with Gasteiger partial charge in [-0.15, -0.1) is 0 Å². The molecule has 20 heavy (non-hydrogen) atoms. The second-order valence-corrected chi connectivity index (χ2v) is 6.09. The third-order valence-corrected chi connectivity index (χ3v) is 3.73. The van der Waals surface area contributed by atoms with Crippen molar-refractivity contribution in [1.82, 2.24) is 9.55 Å². The standard InChI is InChI=1S/C17H25N3/c1-10(2)17-19-15(16(18)20(17)11(3)4)14-12(5)8-7-9-13(14)6/h7-11H,18H2,1-6H3. The zero-order valence-electron chi connectivity index (χ0n) is 13.4. The van der Waals surface area contributed by atoms with E-state index in [0.717, 1.165) is 17.3 Å². The highest BCUT2D eigenvalue weighted by atomic mass is 15.2. The Labute approximate surface area is 121 Å². The molecule has 3 nitrogen and oxygen atoms in total. The molecule has 0 aliphatic carbocycles. The van der Waals surface area contributed by atoms with Gasteiger partial charge in [0.1, 0.15) is 17.3 Å². The van der Waals surface area contributed by atoms with Gasteiger partial charge in [-0.2, -0.15) is 0 Å². The summed E-state index contributed by atoms with van der Waals surface area (Å²) in [6.07, 6.45) is 0. The third kappa shape index (κ3) is 2.33. The van der Waals surface area contributed by atoms with Crippen molar-refractivity contribution in [3.05, 3.63) is 35.2 Å². The number of nitrogen functional groups attached to an aromatic ring is 1. The van der Waals surface area contributed by atoms with Gasteiger partial charge in [-0.1, -0.05) is 32.0 Å². The van der Waals surface area contributed by atoms with E-state index in [1.807, 2.05) is 0 Å². The van der Waals surface area contributed by atoms with Crippen LogP contribution in [0.15, 0.2) is 18.2 Å². The number of nitrogens with zero attached hydrogens (tertiary/aromatic N) is 2. The van der Waals surface area contributed by atoms with E-state index in [4.69, 9.17) is 10.7 Å². The summed E-state index contributed by atoms with van der Waals surface area (Å²) in [6, 6.07) is 6.63. The molecule has 0 radical (unpaired) electrons. The Bertz CT molecular complexity index is 601. The average Bonchev–Trinajstić information content (AvgIpc) is 2.67. The Hall–Kier alpha value is -1.77. The lowest BCUT2D eigenvalue weighted by Gasteiger charge is -2.15. The summed E-state index contributed by atoms with van der Waals surface area (Å²) in [6.45, 7) is 12.9. The van der Waals surface area contributed by atoms with Crippen LogP contribution in [-0.2, 0) is 0 Å². The van der Waals surface area contributed by atoms with Gasteiger partial charge in [0, 0.05) is 17.5 Å². The molecule has 1 aromatic carbocycles. The summed E-state index contributed by atoms with van der Waals surface area (Å²) in [5.41, 5.74) is 11.0. The van der Waals surface area contributed by atoms with Crippen molar-refractivity contribution >= 4 is 5.82 Å². The highest BCUT2D eigenvalue weighted by Gasteiger charge is 2.21. The molecule has 0 saturated carbocycles. The van der Waals surface area contributed by atoms with Gasteiger partial charge in [-0.05, 0) is 38.8 Å². The normalized spacial score (nSPS) is 11.6. The Morgan fingerprint density at radius 1 is 1.05 bits per heavy atom. The molecule has 2 N–H and O–H groups in total. The Morgan fingerprint density at radius 2 is 1.60 bits per heavy atom. The van der Waals surface area contributed by atoms with E-state index in [1.54, 1.807) is 0 Å². The van der Waals surface area contributed by atoms with Crippen molar-refractivity contribution in [2.24, 2.45) is 0 Å². The SMILES string of the molecule is Cc1cccc(C)c1-c1nc(C(C)C)n(C(C)C)c1N. The maximum Gasteiger partial charge on any atom is 0.132 e. The van der Waals surface area contributed by atoms with Gasteiger partial charge in [0.05, 0.1) is 0 Å². The van der Waals surface area contributed by atoms with Gasteiger partial charge in [-0.3, -0.25) is 0 Å². The van der Waals surface area contributed by atoms with Crippen LogP contribution in [0.5, 0.6) is 0 Å². The van der Waals surface area contributed by atoms with Crippen molar-refractivity contribution in [3.8, 4) is 11.3 Å². The van der Waals surface area contributed by atoms with E-state index in [0.29, 0.717) is 12.0 Å². The van der Waals surface area contributed by atoms with Gasteiger partial charge >= 0.3 is 0 Å². The molecule has 0 saturated heterocycles. The molecular weight excluding hydrogens is 246 g/mol. The van der Waals surface area contributed by atoms with E-state index in [9.17, 15) is 0 Å². The van der Waals surface area contributed by atoms with Crippen molar-refractivity contribution in [1.29, 1.82) is 0 Å². The molecule has 0 bridgehead atoms. The lowest BCUT2D eigenvalue weighted by Crippen LogP contribution is -2.10. The van der Waals surface area contributed by atoms with E-state index < -0.39 is 0 Å². The van der Waals surface area contributed by atoms with Crippen molar-refractivity contribution in [2.75, 3.05) is 5.73 Å². The maximum atomic E-state index is 6.41. The van der Waals surface area contributed by atoms with Gasteiger partial charge in [-0.25, -0.2) is 4.98 Å². The minimum atomic E-state index is 0.318. The summed E-state index contributed by atoms with van der Waals surface area (Å²) in [5, 5.41) is 0. The lowest BCUT2D eigenvalue weighted by molar-refractivity contribution is 0.556. The molecule has 2 rings (SSSR count). The molecule has 0 fully saturated rings. The monoisotopic (exact) mass is 271 g/mol. The van der Waals surface area contributed by atoms with Crippen LogP contribution in [0, 0.1) is 13.8 Å². The number of hydrogen-bond donors (Lipinski definition) is 1. The summed E-state index contributed by atoms with van der Waals surface area (Å²) < 4.78 is 2.16. The Balaban J connectivity index is 2.73. The van der Waals surface area contributed by atoms with Crippen molar-refractivity contribution in [2.45, 2.75) is 53.5 Å². The first kappa shape index (κ1) is 14.6. The second kappa shape index (κ2) is 5.31. The van der Waals surface area contributed by atoms with Crippen LogP contribution in [0.1, 0.15) is 56.6 Å². The minimum Gasteiger partial charge on any atom is -0.383 e. The molecule has 108 valence electrons. The van der Waals surface area contributed by atoms with Crippen LogP contribution in [0.2, 0.25) is 0 Å². The number of aromatic nitrogens is 2. The van der Waals surface area contributed by atoms with Gasteiger partial charge < -0.3 is 10.3 Å². The van der Waals surface area contributed by atoms with Crippen LogP contribution in [-0.4, -0.2) is 9.55 Å². The fourth-order valence-electron chi connectivity index (χ4n) is 2.79. The minimum absolute atomic E-state index is 0.318. The molecule has 0 atom stereocenters. The number of hydrogen-bond acceptors (Lipinski definition) is 2. The van der Waals surface area contributed by atoms with Crippen LogP contribution in [0.4, 0.5) is 5.82 Å². The number of aryl methyl sites for hydroxylation is 2. The summed E-state index contributed by atoms with van der Waals surface area (Å²) in [7, 11) is 0. The first-order valence-electron chi connectivity index (χ1n) is 7.28. The van der Waals surface area contributed by atoms with Gasteiger partial charge in [0.15, 0.2) is 0 Å². The number of rotatable bonds is 3. The fourth-order valence-corrected chi connectivity index (χ4v) is 2.79. The molecule has 0 unspecified atom stereocenters. The zero-order valence-corrected chi connectivity index (χ0v) is 13.4. The van der Waals surface area contributed by atoms with Gasteiger partial charge in [0.25, 0.3) is 0 Å². The van der Waals surface area contributed by atoms with Crippen molar-refractivity contribution in [3.63, 3.8) is 0 Å². The summed E-state index contributed by atoms with van der Waals surface area (Å²) in [5.74, 6) is 2.20. The topological polar surface area (TPSA) is 43.8 Å². The first-order chi connectivity index (χ1) is 9.34. The van der Waals surface area contributed by atoms with Gasteiger partial charge in [0.2, 0.25) is 0 Å². The number of anilines is 1. The Morgan fingerprint density at radius 3 is 2.00 bits per heavy atom. The first-order valence-corrected chi connectivity index (χ1v) is 7.28. The Kier molecular flexibility index (Phi) is 3.89. The number of benzene rings is 1. The number of nitrogens with two attached hydrogens (primary N) is 1. The predicted octanol–water partition coefficient (Wildman–Crippen LogP) is 4.45. The molecule has 2 aromatic rings. The van der Waals surface area contributed by atoms with Crippen LogP contribution in [0.3, 0.4) is 0 Å². The molecule has 0 amide bonds. The van der Waals surface area contributed by atoms with Crippen LogP contribution in [0.25, 0.3) is 11.3 Å². The number of imidazole rings is 1. The second-order valence-electron chi connectivity index (χ2n) is 6.09. The van der Waals surface area contributed by atoms with E-state index in [-0.39, 0.29) is 0 Å². The quantitative estimate of drug-likeness (QED) is 0.896. The molecule has 0 aliphatic heterocycles. The van der Waals surface area contributed by atoms with Crippen LogP contribution >= 0.6 is 0 Å². The lowest BCUT2D eigenvalue weighted by atomic mass is 10.00. The van der Waals surface area contributed by atoms with E-state index in [2.05, 4.69) is 64.3 Å². The van der Waals surface area contributed by atoms with E-state index in [1.165, 1.54) is 16.7 Å². The average molecular weight is 271 g/mol. The summed E-state index contributed by atoms with van der Waals surface area (Å²) >= 11 is 0. The third-order valence-electron chi connectivity index (χ3n) is 3.73. The van der Waals surface area contributed by atoms with Crippen molar-refractivity contribution < 1.29 is 0 Å². The molecule has 1 aromatic heterocycles. The predicted molar refractivity (Wildman–Crippen MR) is 86.0 cm³/mol. The van der Waals surface area contributed by atoms with E-state index >= 15 is 0 Å². The van der Waals surface area contributed by atoms with Crippen LogP contribution < -0.4 is 5.73 Å². The largest absolute Gasteiger partial charge is 0.383 e. The summed E-state index contributed by atoms with van der Waals surface area (Å²) in [4.78, 5) is 4.86. The molecule has 3 heteroatoms. The highest BCUT2D eigenvalue weighted by molar-refractivity contribution is 5.76. The molecule has 0 aliphatic rings. The zero-order chi connectivity index (χ0) is 15.0. The molecule has 1 heterocycles. The molecule has 0 spiro atoms. The smallest absolute Gasteiger partial charge is 0.132 e. The molecular formula is C17H25N3. The highest BCUT2D eigenvalue weighted by Crippen LogP contribution is 2.35. The fraction of sp³-hybridized carbons (Fsp3) is 0.471. The maximum absolute atomic E-state index is 6.41.